The van der Waals surface area contributed by atoms with Gasteiger partial charge < -0.3 is 4.74 Å². The normalized spacial score (nSPS) is 28.6. The first-order chi connectivity index (χ1) is 8.75. The van der Waals surface area contributed by atoms with Crippen LogP contribution in [-0.2, 0) is 4.79 Å². The molecule has 18 heavy (non-hydrogen) atoms. The Kier molecular flexibility index (Phi) is 3.08. The van der Waals surface area contributed by atoms with Crippen molar-refractivity contribution >= 4 is 5.78 Å². The van der Waals surface area contributed by atoms with Crippen LogP contribution in [0.5, 0.6) is 5.75 Å². The minimum Gasteiger partial charge on any atom is -0.493 e. The van der Waals surface area contributed by atoms with E-state index < -0.39 is 0 Å². The zero-order chi connectivity index (χ0) is 12.5. The Morgan fingerprint density at radius 3 is 3.00 bits per heavy atom. The van der Waals surface area contributed by atoms with Crippen molar-refractivity contribution in [2.45, 2.75) is 38.3 Å². The minimum absolute atomic E-state index is 0.349. The number of para-hydroxylation sites is 1. The van der Waals surface area contributed by atoms with Gasteiger partial charge >= 0.3 is 0 Å². The van der Waals surface area contributed by atoms with Crippen molar-refractivity contribution in [3.8, 4) is 5.75 Å². The lowest BCUT2D eigenvalue weighted by Crippen LogP contribution is -2.44. The quantitative estimate of drug-likeness (QED) is 0.761. The number of piperidine rings is 1. The lowest BCUT2D eigenvalue weighted by Gasteiger charge is -2.41. The number of hydrogen-bond acceptors (Lipinski definition) is 3. The van der Waals surface area contributed by atoms with Crippen LogP contribution in [0.2, 0.25) is 0 Å². The SMILES string of the molecule is CC1CC(=O)CCN1C1CCOc2ccccc21. The molecule has 3 heteroatoms. The highest BCUT2D eigenvalue weighted by Crippen LogP contribution is 2.38. The van der Waals surface area contributed by atoms with Crippen LogP contribution in [0.3, 0.4) is 0 Å². The molecule has 0 N–H and O–H groups in total. The lowest BCUT2D eigenvalue weighted by molar-refractivity contribution is -0.123. The molecule has 2 heterocycles. The van der Waals surface area contributed by atoms with E-state index in [9.17, 15) is 4.79 Å². The second-order valence-corrected chi connectivity index (χ2v) is 5.27. The fourth-order valence-corrected chi connectivity index (χ4v) is 3.15. The molecule has 1 aromatic carbocycles. The summed E-state index contributed by atoms with van der Waals surface area (Å²) in [4.78, 5) is 14.0. The van der Waals surface area contributed by atoms with E-state index in [0.717, 1.165) is 25.3 Å². The molecule has 0 radical (unpaired) electrons. The van der Waals surface area contributed by atoms with Gasteiger partial charge in [-0.1, -0.05) is 18.2 Å². The predicted octanol–water partition coefficient (Wildman–Crippen LogP) is 2.56. The maximum absolute atomic E-state index is 11.5. The smallest absolute Gasteiger partial charge is 0.135 e. The van der Waals surface area contributed by atoms with Crippen LogP contribution in [0.15, 0.2) is 24.3 Å². The second kappa shape index (κ2) is 4.73. The second-order valence-electron chi connectivity index (χ2n) is 5.27. The summed E-state index contributed by atoms with van der Waals surface area (Å²) in [5.74, 6) is 1.41. The number of carbonyl (C=O) groups excluding carboxylic acids is 1. The summed E-state index contributed by atoms with van der Waals surface area (Å²) in [6.45, 7) is 3.83. The standard InChI is InChI=1S/C15H19NO2/c1-11-10-12(17)6-8-16(11)14-7-9-18-15-5-3-2-4-13(14)15/h2-5,11,14H,6-10H2,1H3. The highest BCUT2D eigenvalue weighted by Gasteiger charge is 2.33. The van der Waals surface area contributed by atoms with Crippen LogP contribution in [0.4, 0.5) is 0 Å². The first-order valence-corrected chi connectivity index (χ1v) is 6.75. The molecule has 3 nitrogen and oxygen atoms in total. The zero-order valence-electron chi connectivity index (χ0n) is 10.8. The van der Waals surface area contributed by atoms with Gasteiger partial charge in [-0.15, -0.1) is 0 Å². The molecule has 3 rings (SSSR count). The molecular formula is C15H19NO2. The molecule has 0 spiro atoms. The van der Waals surface area contributed by atoms with E-state index in [1.54, 1.807) is 0 Å². The number of ketones is 1. The van der Waals surface area contributed by atoms with Gasteiger partial charge in [0.1, 0.15) is 11.5 Å². The largest absolute Gasteiger partial charge is 0.493 e. The van der Waals surface area contributed by atoms with Crippen LogP contribution < -0.4 is 4.74 Å². The van der Waals surface area contributed by atoms with Crippen LogP contribution in [-0.4, -0.2) is 29.9 Å². The van der Waals surface area contributed by atoms with Gasteiger partial charge in [0, 0.05) is 43.5 Å². The van der Waals surface area contributed by atoms with Gasteiger partial charge in [0.05, 0.1) is 6.61 Å². The number of benzene rings is 1. The average Bonchev–Trinajstić information content (AvgIpc) is 2.38. The number of ether oxygens (including phenoxy) is 1. The summed E-state index contributed by atoms with van der Waals surface area (Å²) in [5.41, 5.74) is 1.28. The number of hydrogen-bond donors (Lipinski definition) is 0. The van der Waals surface area contributed by atoms with E-state index in [-0.39, 0.29) is 0 Å². The summed E-state index contributed by atoms with van der Waals surface area (Å²) >= 11 is 0. The lowest BCUT2D eigenvalue weighted by atomic mass is 9.93. The number of Topliss-reactive ketones (excluding diaryl/α,β-unsaturated/α-hetero) is 1. The zero-order valence-corrected chi connectivity index (χ0v) is 10.8. The highest BCUT2D eigenvalue weighted by atomic mass is 16.5. The van der Waals surface area contributed by atoms with Gasteiger partial charge in [-0.2, -0.15) is 0 Å². The Morgan fingerprint density at radius 2 is 2.17 bits per heavy atom. The van der Waals surface area contributed by atoms with Crippen LogP contribution in [0.1, 0.15) is 37.8 Å². The fourth-order valence-electron chi connectivity index (χ4n) is 3.15. The van der Waals surface area contributed by atoms with E-state index in [1.807, 2.05) is 12.1 Å². The van der Waals surface area contributed by atoms with Crippen LogP contribution in [0, 0.1) is 0 Å². The Balaban J connectivity index is 1.87. The number of likely N-dealkylation sites (tertiary alicyclic amines) is 1. The van der Waals surface area contributed by atoms with Crippen molar-refractivity contribution in [3.63, 3.8) is 0 Å². The Morgan fingerprint density at radius 1 is 1.33 bits per heavy atom. The number of carbonyl (C=O) groups is 1. The van der Waals surface area contributed by atoms with Gasteiger partial charge in [0.25, 0.3) is 0 Å². The molecule has 2 aliphatic heterocycles. The van der Waals surface area contributed by atoms with E-state index >= 15 is 0 Å². The van der Waals surface area contributed by atoms with Gasteiger partial charge in [0.2, 0.25) is 0 Å². The Labute approximate surface area is 108 Å². The first kappa shape index (κ1) is 11.7. The third-order valence-electron chi connectivity index (χ3n) is 4.07. The van der Waals surface area contributed by atoms with E-state index in [4.69, 9.17) is 4.74 Å². The third-order valence-corrected chi connectivity index (χ3v) is 4.07. The maximum Gasteiger partial charge on any atom is 0.135 e. The van der Waals surface area contributed by atoms with Crippen LogP contribution in [0.25, 0.3) is 0 Å². The molecule has 1 aromatic rings. The maximum atomic E-state index is 11.5. The van der Waals surface area contributed by atoms with E-state index in [0.29, 0.717) is 30.7 Å². The summed E-state index contributed by atoms with van der Waals surface area (Å²) < 4.78 is 5.71. The molecule has 96 valence electrons. The molecule has 1 fully saturated rings. The summed E-state index contributed by atoms with van der Waals surface area (Å²) in [7, 11) is 0. The van der Waals surface area contributed by atoms with Crippen molar-refractivity contribution in [1.82, 2.24) is 4.90 Å². The first-order valence-electron chi connectivity index (χ1n) is 6.75. The average molecular weight is 245 g/mol. The highest BCUT2D eigenvalue weighted by molar-refractivity contribution is 5.79. The van der Waals surface area contributed by atoms with Gasteiger partial charge in [-0.05, 0) is 13.0 Å². The number of rotatable bonds is 1. The summed E-state index contributed by atoms with van der Waals surface area (Å²) in [6.07, 6.45) is 2.42. The third kappa shape index (κ3) is 2.03. The fraction of sp³-hybridized carbons (Fsp3) is 0.533. The van der Waals surface area contributed by atoms with E-state index in [2.05, 4.69) is 24.0 Å². The van der Waals surface area contributed by atoms with E-state index in [1.165, 1.54) is 5.56 Å². The molecule has 0 aliphatic carbocycles. The van der Waals surface area contributed by atoms with Crippen molar-refractivity contribution in [3.05, 3.63) is 29.8 Å². The molecule has 0 bridgehead atoms. The Bertz CT molecular complexity index is 458. The summed E-state index contributed by atoms with van der Waals surface area (Å²) in [6, 6.07) is 9.05. The molecule has 0 saturated carbocycles. The van der Waals surface area contributed by atoms with Gasteiger partial charge in [-0.25, -0.2) is 0 Å². The topological polar surface area (TPSA) is 29.5 Å². The molecule has 0 amide bonds. The number of fused-ring (bicyclic) bond motifs is 1. The van der Waals surface area contributed by atoms with Gasteiger partial charge in [-0.3, -0.25) is 9.69 Å². The van der Waals surface area contributed by atoms with Gasteiger partial charge in [0.15, 0.2) is 0 Å². The predicted molar refractivity (Wildman–Crippen MR) is 69.7 cm³/mol. The van der Waals surface area contributed by atoms with Crippen molar-refractivity contribution < 1.29 is 9.53 Å². The minimum atomic E-state index is 0.349. The Hall–Kier alpha value is -1.35. The molecule has 1 saturated heterocycles. The molecular weight excluding hydrogens is 226 g/mol. The van der Waals surface area contributed by atoms with Crippen molar-refractivity contribution in [1.29, 1.82) is 0 Å². The van der Waals surface area contributed by atoms with Crippen LogP contribution >= 0.6 is 0 Å². The molecule has 0 aromatic heterocycles. The monoisotopic (exact) mass is 245 g/mol. The molecule has 2 atom stereocenters. The summed E-state index contributed by atoms with van der Waals surface area (Å²) in [5, 5.41) is 0. The number of nitrogens with zero attached hydrogens (tertiary/aromatic N) is 1. The molecule has 2 unspecified atom stereocenters. The van der Waals surface area contributed by atoms with Crippen molar-refractivity contribution in [2.75, 3.05) is 13.2 Å². The molecule has 2 aliphatic rings. The van der Waals surface area contributed by atoms with Crippen molar-refractivity contribution in [2.24, 2.45) is 0 Å².